The van der Waals surface area contributed by atoms with Crippen molar-refractivity contribution < 1.29 is 33.5 Å². The summed E-state index contributed by atoms with van der Waals surface area (Å²) in [6, 6.07) is 11.5. The lowest BCUT2D eigenvalue weighted by molar-refractivity contribution is -0.136. The Morgan fingerprint density at radius 1 is 0.969 bits per heavy atom. The van der Waals surface area contributed by atoms with E-state index in [0.29, 0.717) is 46.7 Å². The molecule has 332 valence electrons. The summed E-state index contributed by atoms with van der Waals surface area (Å²) in [6.45, 7) is 5.82. The van der Waals surface area contributed by atoms with Crippen LogP contribution in [0.3, 0.4) is 0 Å². The summed E-state index contributed by atoms with van der Waals surface area (Å²) in [4.78, 5) is 98.6. The van der Waals surface area contributed by atoms with Crippen molar-refractivity contribution in [1.29, 1.82) is 0 Å². The second kappa shape index (κ2) is 16.0. The number of pyridine rings is 2. The van der Waals surface area contributed by atoms with Crippen LogP contribution in [-0.2, 0) is 46.5 Å². The number of amides is 5. The number of aromatic nitrogens is 6. The minimum absolute atomic E-state index is 0.0108. The van der Waals surface area contributed by atoms with Crippen molar-refractivity contribution >= 4 is 57.5 Å². The van der Waals surface area contributed by atoms with Gasteiger partial charge in [-0.05, 0) is 59.4 Å². The van der Waals surface area contributed by atoms with Crippen molar-refractivity contribution in [2.45, 2.75) is 64.8 Å². The van der Waals surface area contributed by atoms with Gasteiger partial charge >= 0.3 is 0 Å². The van der Waals surface area contributed by atoms with Gasteiger partial charge in [0.1, 0.15) is 17.5 Å². The third-order valence-corrected chi connectivity index (χ3v) is 11.9. The molecule has 19 nitrogen and oxygen atoms in total. The van der Waals surface area contributed by atoms with Crippen molar-refractivity contribution in [3.8, 4) is 16.9 Å². The summed E-state index contributed by atoms with van der Waals surface area (Å²) in [5.41, 5.74) is 1.47. The quantitative estimate of drug-likeness (QED) is 0.153. The van der Waals surface area contributed by atoms with E-state index in [0.717, 1.165) is 9.58 Å². The van der Waals surface area contributed by atoms with Crippen molar-refractivity contribution in [3.05, 3.63) is 122 Å². The Labute approximate surface area is 368 Å². The molecule has 5 amide bonds. The number of aryl methyl sites for hydroxylation is 1. The lowest BCUT2D eigenvalue weighted by Crippen LogP contribution is -2.54. The SMILES string of the molecule is Cn1cc(-c2ccnc(-n3ncc4cc(C(C)(C)C)cc(F)c4c3=O)c2CO)cc(Nc2cc3n(n2)CCN(C(=O)CNc2cccc4c2C(=O)N(C2CCC(=O)NC2=O)C4=O)C3)c1=O. The smallest absolute Gasteiger partial charge is 0.283 e. The highest BCUT2D eigenvalue weighted by Crippen LogP contribution is 2.34. The highest BCUT2D eigenvalue weighted by molar-refractivity contribution is 6.25. The number of carbonyl (C=O) groups excluding carboxylic acids is 5. The molecule has 1 fully saturated rings. The van der Waals surface area contributed by atoms with E-state index < -0.39 is 53.2 Å². The van der Waals surface area contributed by atoms with Crippen molar-refractivity contribution in [2.24, 2.45) is 7.05 Å². The largest absolute Gasteiger partial charge is 0.392 e. The van der Waals surface area contributed by atoms with E-state index in [4.69, 9.17) is 0 Å². The van der Waals surface area contributed by atoms with E-state index in [1.165, 1.54) is 29.1 Å². The zero-order valence-corrected chi connectivity index (χ0v) is 35.6. The molecule has 0 bridgehead atoms. The van der Waals surface area contributed by atoms with Crippen LogP contribution in [0.1, 0.15) is 71.1 Å². The van der Waals surface area contributed by atoms with Gasteiger partial charge < -0.3 is 25.2 Å². The van der Waals surface area contributed by atoms with Crippen LogP contribution in [0.4, 0.5) is 21.6 Å². The van der Waals surface area contributed by atoms with Gasteiger partial charge in [0.15, 0.2) is 11.6 Å². The van der Waals surface area contributed by atoms with E-state index >= 15 is 4.39 Å². The fourth-order valence-electron chi connectivity index (χ4n) is 8.48. The molecule has 1 unspecified atom stereocenters. The zero-order valence-electron chi connectivity index (χ0n) is 35.6. The number of nitrogens with zero attached hydrogens (tertiary/aromatic N) is 8. The van der Waals surface area contributed by atoms with Crippen LogP contribution >= 0.6 is 0 Å². The molecule has 6 aromatic rings. The Morgan fingerprint density at radius 3 is 2.52 bits per heavy atom. The van der Waals surface area contributed by atoms with Crippen LogP contribution in [0.15, 0.2) is 76.7 Å². The molecule has 2 aromatic carbocycles. The van der Waals surface area contributed by atoms with E-state index in [2.05, 4.69) is 31.1 Å². The number of piperidine rings is 1. The van der Waals surface area contributed by atoms with Crippen LogP contribution < -0.4 is 27.1 Å². The van der Waals surface area contributed by atoms with Crippen LogP contribution in [0.25, 0.3) is 27.7 Å². The number of anilines is 3. The fraction of sp³-hybridized carbons (Fsp3) is 0.289. The van der Waals surface area contributed by atoms with Crippen LogP contribution in [0, 0.1) is 5.82 Å². The number of benzene rings is 2. The molecule has 1 atom stereocenters. The highest BCUT2D eigenvalue weighted by Gasteiger charge is 2.45. The third-order valence-electron chi connectivity index (χ3n) is 11.9. The molecule has 20 heteroatoms. The number of imide groups is 2. The van der Waals surface area contributed by atoms with Gasteiger partial charge in [-0.1, -0.05) is 26.8 Å². The van der Waals surface area contributed by atoms with E-state index in [-0.39, 0.29) is 76.5 Å². The Morgan fingerprint density at radius 2 is 1.77 bits per heavy atom. The lowest BCUT2D eigenvalue weighted by Gasteiger charge is -2.28. The lowest BCUT2D eigenvalue weighted by atomic mass is 9.86. The second-order valence-electron chi connectivity index (χ2n) is 17.1. The fourth-order valence-corrected chi connectivity index (χ4v) is 8.48. The minimum Gasteiger partial charge on any atom is -0.392 e. The number of aliphatic hydroxyl groups excluding tert-OH is 1. The van der Waals surface area contributed by atoms with Gasteiger partial charge in [0, 0.05) is 60.7 Å². The number of carbonyl (C=O) groups is 5. The van der Waals surface area contributed by atoms with Gasteiger partial charge in [0.05, 0.1) is 54.6 Å². The molecule has 7 heterocycles. The summed E-state index contributed by atoms with van der Waals surface area (Å²) in [6.07, 6.45) is 4.38. The first-order valence-electron chi connectivity index (χ1n) is 20.7. The molecule has 1 saturated heterocycles. The molecule has 65 heavy (non-hydrogen) atoms. The Kier molecular flexibility index (Phi) is 10.5. The first-order chi connectivity index (χ1) is 31.0. The number of halogens is 1. The maximum absolute atomic E-state index is 15.5. The Bertz CT molecular complexity index is 3170. The standard InChI is InChI=1S/C45H42FN11O8/c1-45(2,3)25-14-23-18-49-57(44(65)37(23)30(46)16-25)39-29(22-58)27(10-11-47-39)24-15-32(42(63)53(4)20-24)50-34-17-26-21-54(12-13-55(26)52-34)36(60)19-48-31-7-5-6-28-38(31)43(64)56(41(28)62)33-8-9-35(59)51-40(33)61/h5-7,10-11,14-18,20,33,48,58H,8-9,12-13,19,21-22H2,1-4H3,(H,50,52)(H,51,59,61). The normalized spacial score (nSPS) is 16.2. The molecule has 9 rings (SSSR count). The highest BCUT2D eigenvalue weighted by atomic mass is 19.1. The molecule has 0 aliphatic carbocycles. The van der Waals surface area contributed by atoms with Crippen molar-refractivity contribution in [2.75, 3.05) is 23.7 Å². The monoisotopic (exact) mass is 883 g/mol. The van der Waals surface area contributed by atoms with Gasteiger partial charge in [-0.25, -0.2) is 9.37 Å². The predicted octanol–water partition coefficient (Wildman–Crippen LogP) is 2.87. The maximum Gasteiger partial charge on any atom is 0.283 e. The van der Waals surface area contributed by atoms with Gasteiger partial charge in [-0.15, -0.1) is 0 Å². The molecule has 0 radical (unpaired) electrons. The Hall–Kier alpha value is -7.87. The topological polar surface area (TPSA) is 236 Å². The number of fused-ring (bicyclic) bond motifs is 3. The molecular weight excluding hydrogens is 842 g/mol. The summed E-state index contributed by atoms with van der Waals surface area (Å²) < 4.78 is 19.5. The summed E-state index contributed by atoms with van der Waals surface area (Å²) in [7, 11) is 1.56. The predicted molar refractivity (Wildman–Crippen MR) is 233 cm³/mol. The minimum atomic E-state index is -1.13. The first kappa shape index (κ1) is 42.4. The molecular formula is C45H42FN11O8. The number of hydrogen-bond acceptors (Lipinski definition) is 13. The first-order valence-corrected chi connectivity index (χ1v) is 20.7. The molecule has 4 N–H and O–H groups in total. The van der Waals surface area contributed by atoms with E-state index in [1.807, 2.05) is 20.8 Å². The average molecular weight is 884 g/mol. The Balaban J connectivity index is 0.917. The third kappa shape index (κ3) is 7.50. The summed E-state index contributed by atoms with van der Waals surface area (Å²) in [5.74, 6) is -3.24. The van der Waals surface area contributed by atoms with Crippen LogP contribution in [-0.4, -0.2) is 92.7 Å². The molecule has 3 aliphatic heterocycles. The average Bonchev–Trinajstić information content (AvgIpc) is 3.79. The van der Waals surface area contributed by atoms with Crippen molar-refractivity contribution in [3.63, 3.8) is 0 Å². The summed E-state index contributed by atoms with van der Waals surface area (Å²) >= 11 is 0. The number of hydrogen-bond donors (Lipinski definition) is 4. The second-order valence-corrected chi connectivity index (χ2v) is 17.1. The van der Waals surface area contributed by atoms with Crippen molar-refractivity contribution in [1.82, 2.24) is 44.2 Å². The van der Waals surface area contributed by atoms with Gasteiger partial charge in [-0.2, -0.15) is 14.9 Å². The molecule has 0 spiro atoms. The van der Waals surface area contributed by atoms with Crippen LogP contribution in [0.2, 0.25) is 0 Å². The van der Waals surface area contributed by atoms with E-state index in [9.17, 15) is 38.7 Å². The maximum atomic E-state index is 15.5. The molecule has 3 aliphatic rings. The van der Waals surface area contributed by atoms with Crippen LogP contribution in [0.5, 0.6) is 0 Å². The zero-order chi connectivity index (χ0) is 46.1. The van der Waals surface area contributed by atoms with Gasteiger partial charge in [0.2, 0.25) is 17.7 Å². The number of rotatable bonds is 9. The van der Waals surface area contributed by atoms with Gasteiger partial charge in [0.25, 0.3) is 22.9 Å². The van der Waals surface area contributed by atoms with Gasteiger partial charge in [-0.3, -0.25) is 48.5 Å². The number of aliphatic hydroxyl groups is 1. The van der Waals surface area contributed by atoms with E-state index in [1.54, 1.807) is 59.2 Å². The summed E-state index contributed by atoms with van der Waals surface area (Å²) in [5, 5.41) is 28.0. The number of nitrogens with one attached hydrogen (secondary N) is 3. The molecule has 4 aromatic heterocycles. The molecule has 0 saturated carbocycles.